The topological polar surface area (TPSA) is 37.4 Å². The van der Waals surface area contributed by atoms with Crippen LogP contribution in [0.1, 0.15) is 48.5 Å². The molecule has 4 heteroatoms. The van der Waals surface area contributed by atoms with Gasteiger partial charge < -0.3 is 4.90 Å². The van der Waals surface area contributed by atoms with Gasteiger partial charge in [-0.3, -0.25) is 9.59 Å². The van der Waals surface area contributed by atoms with Gasteiger partial charge in [0.15, 0.2) is 0 Å². The lowest BCUT2D eigenvalue weighted by Crippen LogP contribution is -2.44. The van der Waals surface area contributed by atoms with Crippen LogP contribution in [0, 0.1) is 6.92 Å². The van der Waals surface area contributed by atoms with E-state index in [0.717, 1.165) is 41.4 Å². The van der Waals surface area contributed by atoms with Gasteiger partial charge in [-0.05, 0) is 56.9 Å². The zero-order valence-electron chi connectivity index (χ0n) is 12.0. The largest absolute Gasteiger partial charge is 0.335 e. The monoisotopic (exact) mass is 337 g/mol. The Kier molecular flexibility index (Phi) is 4.97. The lowest BCUT2D eigenvalue weighted by atomic mass is 9.96. The zero-order chi connectivity index (χ0) is 14.7. The van der Waals surface area contributed by atoms with E-state index in [1.165, 1.54) is 0 Å². The molecule has 2 rings (SSSR count). The summed E-state index contributed by atoms with van der Waals surface area (Å²) in [6.45, 7) is 4.30. The lowest BCUT2D eigenvalue weighted by Gasteiger charge is -2.35. The quantitative estimate of drug-likeness (QED) is 0.842. The minimum atomic E-state index is 0.0564. The average molecular weight is 338 g/mol. The number of carbonyl (C=O) groups is 2. The first-order chi connectivity index (χ1) is 9.49. The summed E-state index contributed by atoms with van der Waals surface area (Å²) in [4.78, 5) is 26.0. The first-order valence-corrected chi connectivity index (χ1v) is 7.85. The highest BCUT2D eigenvalue weighted by molar-refractivity contribution is 9.10. The number of nitrogens with zero attached hydrogens (tertiary/aromatic N) is 1. The van der Waals surface area contributed by atoms with Crippen molar-refractivity contribution in [2.45, 2.75) is 45.6 Å². The molecule has 1 saturated heterocycles. The molecule has 0 bridgehead atoms. The van der Waals surface area contributed by atoms with E-state index in [1.807, 2.05) is 30.0 Å². The normalized spacial score (nSPS) is 18.9. The number of aryl methyl sites for hydroxylation is 1. The Bertz CT molecular complexity index is 527. The van der Waals surface area contributed by atoms with Gasteiger partial charge in [0.05, 0.1) is 0 Å². The van der Waals surface area contributed by atoms with E-state index in [0.29, 0.717) is 6.42 Å². The molecule has 0 saturated carbocycles. The van der Waals surface area contributed by atoms with Crippen LogP contribution in [0.3, 0.4) is 0 Å². The average Bonchev–Trinajstić information content (AvgIpc) is 2.38. The number of ketones is 1. The number of benzene rings is 1. The Morgan fingerprint density at radius 1 is 1.35 bits per heavy atom. The second-order valence-corrected chi connectivity index (χ2v) is 6.43. The number of Topliss-reactive ketones (excluding diaryl/α,β-unsaturated/α-hetero) is 1. The van der Waals surface area contributed by atoms with E-state index in [-0.39, 0.29) is 17.7 Å². The number of rotatable bonds is 3. The molecule has 1 amide bonds. The van der Waals surface area contributed by atoms with Gasteiger partial charge >= 0.3 is 0 Å². The number of hydrogen-bond acceptors (Lipinski definition) is 2. The number of hydrogen-bond donors (Lipinski definition) is 0. The van der Waals surface area contributed by atoms with Gasteiger partial charge in [0, 0.05) is 29.0 Å². The Balaban J connectivity index is 2.22. The summed E-state index contributed by atoms with van der Waals surface area (Å²) in [5.74, 6) is 0.211. The minimum absolute atomic E-state index is 0.0564. The number of likely N-dealkylation sites (tertiary alicyclic amines) is 1. The van der Waals surface area contributed by atoms with E-state index in [2.05, 4.69) is 15.9 Å². The molecule has 1 aliphatic heterocycles. The van der Waals surface area contributed by atoms with Crippen LogP contribution in [0.2, 0.25) is 0 Å². The Morgan fingerprint density at radius 3 is 2.75 bits per heavy atom. The van der Waals surface area contributed by atoms with E-state index in [1.54, 1.807) is 6.92 Å². The summed E-state index contributed by atoms with van der Waals surface area (Å²) in [6, 6.07) is 5.78. The second-order valence-electron chi connectivity index (χ2n) is 5.51. The fourth-order valence-electron chi connectivity index (χ4n) is 2.83. The molecule has 0 radical (unpaired) electrons. The van der Waals surface area contributed by atoms with Crippen LogP contribution in [0.15, 0.2) is 22.7 Å². The maximum atomic E-state index is 12.7. The zero-order valence-corrected chi connectivity index (χ0v) is 13.6. The highest BCUT2D eigenvalue weighted by Gasteiger charge is 2.28. The van der Waals surface area contributed by atoms with E-state index in [4.69, 9.17) is 0 Å². The molecular weight excluding hydrogens is 318 g/mol. The smallest absolute Gasteiger partial charge is 0.254 e. The number of halogens is 1. The Morgan fingerprint density at radius 2 is 2.10 bits per heavy atom. The van der Waals surface area contributed by atoms with Gasteiger partial charge in [-0.2, -0.15) is 0 Å². The van der Waals surface area contributed by atoms with Crippen molar-refractivity contribution in [2.24, 2.45) is 0 Å². The highest BCUT2D eigenvalue weighted by Crippen LogP contribution is 2.24. The molecule has 1 aromatic rings. The third-order valence-electron chi connectivity index (χ3n) is 3.83. The van der Waals surface area contributed by atoms with E-state index in [9.17, 15) is 9.59 Å². The molecule has 1 aliphatic rings. The molecule has 0 N–H and O–H groups in total. The fourth-order valence-corrected chi connectivity index (χ4v) is 3.31. The molecule has 3 nitrogen and oxygen atoms in total. The van der Waals surface area contributed by atoms with Crippen LogP contribution in [-0.2, 0) is 4.79 Å². The summed E-state index contributed by atoms with van der Waals surface area (Å²) in [5, 5.41) is 0. The van der Waals surface area contributed by atoms with Crippen molar-refractivity contribution in [3.63, 3.8) is 0 Å². The van der Waals surface area contributed by atoms with Gasteiger partial charge in [-0.25, -0.2) is 0 Å². The molecule has 0 aromatic heterocycles. The third-order valence-corrected chi connectivity index (χ3v) is 4.32. The molecule has 1 fully saturated rings. The second kappa shape index (κ2) is 6.53. The summed E-state index contributed by atoms with van der Waals surface area (Å²) >= 11 is 3.42. The summed E-state index contributed by atoms with van der Waals surface area (Å²) in [5.41, 5.74) is 1.71. The molecule has 1 atom stereocenters. The van der Waals surface area contributed by atoms with Gasteiger partial charge in [0.25, 0.3) is 5.91 Å². The van der Waals surface area contributed by atoms with E-state index < -0.39 is 0 Å². The van der Waals surface area contributed by atoms with Crippen molar-refractivity contribution in [3.05, 3.63) is 33.8 Å². The standard InChI is InChI=1S/C16H20BrNO2/c1-11-9-13(17)6-7-15(11)16(20)18-8-4-3-5-14(18)10-12(2)19/h6-7,9,14H,3-5,8,10H2,1-2H3. The lowest BCUT2D eigenvalue weighted by molar-refractivity contribution is -0.118. The molecule has 1 aromatic carbocycles. The van der Waals surface area contributed by atoms with Gasteiger partial charge in [-0.15, -0.1) is 0 Å². The fraction of sp³-hybridized carbons (Fsp3) is 0.500. The van der Waals surface area contributed by atoms with Gasteiger partial charge in [0.1, 0.15) is 5.78 Å². The number of piperidine rings is 1. The molecular formula is C16H20BrNO2. The van der Waals surface area contributed by atoms with Crippen molar-refractivity contribution in [2.75, 3.05) is 6.54 Å². The minimum Gasteiger partial charge on any atom is -0.335 e. The summed E-state index contributed by atoms with van der Waals surface area (Å²) < 4.78 is 0.977. The SMILES string of the molecule is CC(=O)CC1CCCCN1C(=O)c1ccc(Br)cc1C. The van der Waals surface area contributed by atoms with Crippen LogP contribution in [0.4, 0.5) is 0 Å². The molecule has 20 heavy (non-hydrogen) atoms. The van der Waals surface area contributed by atoms with Crippen LogP contribution >= 0.6 is 15.9 Å². The van der Waals surface area contributed by atoms with Crippen LogP contribution in [0.5, 0.6) is 0 Å². The molecule has 1 heterocycles. The molecule has 0 aliphatic carbocycles. The predicted octanol–water partition coefficient (Wildman–Crippen LogP) is 3.73. The number of carbonyl (C=O) groups excluding carboxylic acids is 2. The summed E-state index contributed by atoms with van der Waals surface area (Å²) in [6.07, 6.45) is 3.53. The molecule has 0 spiro atoms. The van der Waals surface area contributed by atoms with Crippen molar-refractivity contribution < 1.29 is 9.59 Å². The van der Waals surface area contributed by atoms with Crippen molar-refractivity contribution in [1.82, 2.24) is 4.90 Å². The van der Waals surface area contributed by atoms with Crippen LogP contribution in [0.25, 0.3) is 0 Å². The van der Waals surface area contributed by atoms with Gasteiger partial charge in [0.2, 0.25) is 0 Å². The van der Waals surface area contributed by atoms with Gasteiger partial charge in [-0.1, -0.05) is 15.9 Å². The third kappa shape index (κ3) is 3.48. The van der Waals surface area contributed by atoms with Crippen LogP contribution < -0.4 is 0 Å². The molecule has 1 unspecified atom stereocenters. The maximum absolute atomic E-state index is 12.7. The first kappa shape index (κ1) is 15.2. The predicted molar refractivity (Wildman–Crippen MR) is 82.9 cm³/mol. The van der Waals surface area contributed by atoms with Crippen molar-refractivity contribution in [1.29, 1.82) is 0 Å². The van der Waals surface area contributed by atoms with E-state index >= 15 is 0 Å². The highest BCUT2D eigenvalue weighted by atomic mass is 79.9. The molecule has 108 valence electrons. The summed E-state index contributed by atoms with van der Waals surface area (Å²) in [7, 11) is 0. The van der Waals surface area contributed by atoms with Crippen molar-refractivity contribution in [3.8, 4) is 0 Å². The Hall–Kier alpha value is -1.16. The van der Waals surface area contributed by atoms with Crippen LogP contribution in [-0.4, -0.2) is 29.2 Å². The Labute approximate surface area is 128 Å². The first-order valence-electron chi connectivity index (χ1n) is 7.05. The maximum Gasteiger partial charge on any atom is 0.254 e. The number of amides is 1. The van der Waals surface area contributed by atoms with Crippen molar-refractivity contribution >= 4 is 27.6 Å².